The fourth-order valence-electron chi connectivity index (χ4n) is 2.30. The maximum absolute atomic E-state index is 9.95. The highest BCUT2D eigenvalue weighted by Crippen LogP contribution is 2.37. The number of aliphatic hydroxyl groups is 1. The van der Waals surface area contributed by atoms with Crippen LogP contribution in [-0.2, 0) is 6.54 Å². The number of hydrogen-bond donors (Lipinski definition) is 2. The van der Waals surface area contributed by atoms with Crippen LogP contribution in [0.3, 0.4) is 0 Å². The molecule has 2 aliphatic rings. The minimum Gasteiger partial charge on any atom is -0.454 e. The highest BCUT2D eigenvalue weighted by Gasteiger charge is 2.28. The van der Waals surface area contributed by atoms with Gasteiger partial charge in [0.1, 0.15) is 19.2 Å². The number of nitrogens with one attached hydrogen (secondary N) is 1. The van der Waals surface area contributed by atoms with Gasteiger partial charge in [0.2, 0.25) is 6.79 Å². The normalized spacial score (nSPS) is 27.6. The molecule has 2 atom stereocenters. The van der Waals surface area contributed by atoms with E-state index < -0.39 is 0 Å². The van der Waals surface area contributed by atoms with Crippen LogP contribution in [0, 0.1) is 0 Å². The van der Waals surface area contributed by atoms with Gasteiger partial charge in [-0.15, -0.1) is 0 Å². The second-order valence-electron chi connectivity index (χ2n) is 4.26. The molecule has 1 aromatic rings. The van der Waals surface area contributed by atoms with E-state index in [9.17, 15) is 5.11 Å². The topological polar surface area (TPSA) is 43.1 Å². The van der Waals surface area contributed by atoms with Crippen molar-refractivity contribution in [1.29, 1.82) is 0 Å². The zero-order chi connectivity index (χ0) is 10.4. The van der Waals surface area contributed by atoms with Crippen LogP contribution in [0.15, 0.2) is 12.1 Å². The molecule has 0 spiro atoms. The molecule has 2 heterocycles. The molecule has 1 aromatic carbocycles. The molecular weight excluding hydrogens is 194 g/mol. The van der Waals surface area contributed by atoms with Gasteiger partial charge in [0.05, 0.1) is 7.05 Å². The van der Waals surface area contributed by atoms with Crippen LogP contribution in [0.2, 0.25) is 0 Å². The molecule has 0 aromatic heterocycles. The van der Waals surface area contributed by atoms with E-state index in [1.807, 2.05) is 12.1 Å². The average Bonchev–Trinajstić information content (AvgIpc) is 2.61. The van der Waals surface area contributed by atoms with E-state index in [0.717, 1.165) is 35.7 Å². The zero-order valence-electron chi connectivity index (χ0n) is 8.62. The van der Waals surface area contributed by atoms with E-state index in [2.05, 4.69) is 7.05 Å². The third kappa shape index (κ3) is 1.37. The Labute approximate surface area is 88.0 Å². The molecule has 80 valence electrons. The predicted octanol–water partition coefficient (Wildman–Crippen LogP) is -0.523. The van der Waals surface area contributed by atoms with Crippen molar-refractivity contribution >= 4 is 0 Å². The Balaban J connectivity index is 2.09. The summed E-state index contributed by atoms with van der Waals surface area (Å²) >= 11 is 0. The van der Waals surface area contributed by atoms with Crippen LogP contribution in [0.4, 0.5) is 0 Å². The number of hydrogen-bond acceptors (Lipinski definition) is 3. The van der Waals surface area contributed by atoms with Crippen LogP contribution in [0.1, 0.15) is 17.2 Å². The summed E-state index contributed by atoms with van der Waals surface area (Å²) in [7, 11) is 2.08. The molecule has 0 amide bonds. The Hall–Kier alpha value is -1.26. The summed E-state index contributed by atoms with van der Waals surface area (Å²) in [5, 5.41) is 9.95. The van der Waals surface area contributed by atoms with Crippen LogP contribution in [0.25, 0.3) is 0 Å². The number of fused-ring (bicyclic) bond motifs is 2. The monoisotopic (exact) mass is 208 g/mol. The van der Waals surface area contributed by atoms with E-state index in [-0.39, 0.29) is 12.9 Å². The number of ether oxygens (including phenoxy) is 2. The first-order valence-electron chi connectivity index (χ1n) is 5.16. The summed E-state index contributed by atoms with van der Waals surface area (Å²) < 4.78 is 10.6. The molecule has 0 saturated carbocycles. The molecule has 15 heavy (non-hydrogen) atoms. The Morgan fingerprint density at radius 2 is 2.07 bits per heavy atom. The van der Waals surface area contributed by atoms with Gasteiger partial charge in [0, 0.05) is 5.56 Å². The second kappa shape index (κ2) is 3.12. The van der Waals surface area contributed by atoms with Crippen molar-refractivity contribution in [2.75, 3.05) is 20.4 Å². The van der Waals surface area contributed by atoms with Gasteiger partial charge in [-0.3, -0.25) is 0 Å². The first kappa shape index (κ1) is 9.00. The average molecular weight is 208 g/mol. The lowest BCUT2D eigenvalue weighted by Crippen LogP contribution is -3.09. The first-order valence-corrected chi connectivity index (χ1v) is 5.16. The molecule has 0 aliphatic carbocycles. The summed E-state index contributed by atoms with van der Waals surface area (Å²) in [5.74, 6) is 1.56. The summed E-state index contributed by atoms with van der Waals surface area (Å²) in [6.45, 7) is 1.98. The third-order valence-corrected chi connectivity index (χ3v) is 3.03. The minimum absolute atomic E-state index is 0.289. The molecule has 0 bridgehead atoms. The van der Waals surface area contributed by atoms with Gasteiger partial charge in [-0.05, 0) is 17.7 Å². The van der Waals surface area contributed by atoms with Crippen molar-refractivity contribution in [1.82, 2.24) is 0 Å². The van der Waals surface area contributed by atoms with E-state index in [4.69, 9.17) is 9.47 Å². The van der Waals surface area contributed by atoms with Crippen molar-refractivity contribution in [2.24, 2.45) is 0 Å². The van der Waals surface area contributed by atoms with E-state index in [1.165, 1.54) is 4.90 Å². The van der Waals surface area contributed by atoms with Crippen molar-refractivity contribution in [3.63, 3.8) is 0 Å². The Kier molecular flexibility index (Phi) is 1.87. The smallest absolute Gasteiger partial charge is 0.231 e. The minimum atomic E-state index is -0.386. The van der Waals surface area contributed by atoms with Gasteiger partial charge in [-0.2, -0.15) is 0 Å². The van der Waals surface area contributed by atoms with Crippen LogP contribution in [-0.4, -0.2) is 25.5 Å². The van der Waals surface area contributed by atoms with Crippen LogP contribution in [0.5, 0.6) is 11.5 Å². The lowest BCUT2D eigenvalue weighted by Gasteiger charge is -2.26. The van der Waals surface area contributed by atoms with Gasteiger partial charge < -0.3 is 19.5 Å². The highest BCUT2D eigenvalue weighted by molar-refractivity contribution is 5.49. The Morgan fingerprint density at radius 3 is 2.87 bits per heavy atom. The maximum Gasteiger partial charge on any atom is 0.231 e. The van der Waals surface area contributed by atoms with Crippen LogP contribution >= 0.6 is 0 Å². The quantitative estimate of drug-likeness (QED) is 0.603. The number of quaternary nitrogens is 1. The fraction of sp³-hybridized carbons (Fsp3) is 0.455. The lowest BCUT2D eigenvalue weighted by molar-refractivity contribution is -0.900. The molecule has 0 fully saturated rings. The summed E-state index contributed by atoms with van der Waals surface area (Å²) in [6.07, 6.45) is -0.386. The zero-order valence-corrected chi connectivity index (χ0v) is 8.62. The molecule has 0 saturated heterocycles. The molecule has 2 N–H and O–H groups in total. The van der Waals surface area contributed by atoms with E-state index in [1.54, 1.807) is 0 Å². The number of rotatable bonds is 0. The molecule has 0 radical (unpaired) electrons. The van der Waals surface area contributed by atoms with Gasteiger partial charge in [0.15, 0.2) is 11.5 Å². The number of likely N-dealkylation sites (N-methyl/N-ethyl adjacent to an activating group) is 1. The van der Waals surface area contributed by atoms with Gasteiger partial charge in [0.25, 0.3) is 0 Å². The summed E-state index contributed by atoms with van der Waals surface area (Å²) in [5.41, 5.74) is 2.15. The summed E-state index contributed by atoms with van der Waals surface area (Å²) in [6, 6.07) is 3.90. The molecule has 3 rings (SSSR count). The van der Waals surface area contributed by atoms with Crippen LogP contribution < -0.4 is 14.4 Å². The Bertz CT molecular complexity index is 405. The molecule has 4 heteroatoms. The first-order chi connectivity index (χ1) is 7.24. The van der Waals surface area contributed by atoms with Crippen molar-refractivity contribution in [2.45, 2.75) is 12.6 Å². The summed E-state index contributed by atoms with van der Waals surface area (Å²) in [4.78, 5) is 1.31. The SMILES string of the molecule is C[NH+]1Cc2cc3c(cc2[C@@H](O)C1)OCO3. The highest BCUT2D eigenvalue weighted by atomic mass is 16.7. The van der Waals surface area contributed by atoms with Gasteiger partial charge >= 0.3 is 0 Å². The largest absolute Gasteiger partial charge is 0.454 e. The van der Waals surface area contributed by atoms with E-state index in [0.29, 0.717) is 0 Å². The lowest BCUT2D eigenvalue weighted by atomic mass is 9.97. The predicted molar refractivity (Wildman–Crippen MR) is 53.0 cm³/mol. The van der Waals surface area contributed by atoms with Crippen molar-refractivity contribution < 1.29 is 19.5 Å². The number of aliphatic hydroxyl groups excluding tert-OH is 1. The molecule has 1 unspecified atom stereocenters. The Morgan fingerprint density at radius 1 is 1.33 bits per heavy atom. The maximum atomic E-state index is 9.95. The molecule has 2 aliphatic heterocycles. The van der Waals surface area contributed by atoms with Gasteiger partial charge in [-0.25, -0.2) is 0 Å². The fourth-order valence-corrected chi connectivity index (χ4v) is 2.30. The molecular formula is C11H14NO3+. The van der Waals surface area contributed by atoms with E-state index >= 15 is 0 Å². The second-order valence-corrected chi connectivity index (χ2v) is 4.26. The van der Waals surface area contributed by atoms with Crippen molar-refractivity contribution in [3.05, 3.63) is 23.3 Å². The van der Waals surface area contributed by atoms with Gasteiger partial charge in [-0.1, -0.05) is 0 Å². The third-order valence-electron chi connectivity index (χ3n) is 3.03. The number of benzene rings is 1. The molecule has 4 nitrogen and oxygen atoms in total. The van der Waals surface area contributed by atoms with Crippen molar-refractivity contribution in [3.8, 4) is 11.5 Å². The standard InChI is InChI=1S/C11H13NO3/c1-12-4-7-2-10-11(15-6-14-10)3-8(7)9(13)5-12/h2-3,9,13H,4-6H2,1H3/p+1/t9-/m0/s1.